The second kappa shape index (κ2) is 4.44. The lowest BCUT2D eigenvalue weighted by Gasteiger charge is -2.34. The molecule has 1 aromatic rings. The van der Waals surface area contributed by atoms with E-state index in [0.717, 1.165) is 24.4 Å². The first-order valence-electron chi connectivity index (χ1n) is 5.63. The first-order chi connectivity index (χ1) is 7.74. The van der Waals surface area contributed by atoms with Gasteiger partial charge in [0.1, 0.15) is 18.4 Å². The second-order valence-electron chi connectivity index (χ2n) is 4.16. The molecule has 0 N–H and O–H groups in total. The van der Waals surface area contributed by atoms with Crippen LogP contribution < -0.4 is 9.64 Å². The van der Waals surface area contributed by atoms with E-state index in [0.29, 0.717) is 6.54 Å². The first kappa shape index (κ1) is 10.8. The number of hydrogen-bond acceptors (Lipinski definition) is 3. The summed E-state index contributed by atoms with van der Waals surface area (Å²) in [4.78, 5) is 2.10. The van der Waals surface area contributed by atoms with Crippen molar-refractivity contribution in [2.24, 2.45) is 0 Å². The Labute approximate surface area is 96.2 Å². The highest BCUT2D eigenvalue weighted by atomic mass is 16.5. The Kier molecular flexibility index (Phi) is 3.00. The zero-order valence-corrected chi connectivity index (χ0v) is 9.73. The lowest BCUT2D eigenvalue weighted by atomic mass is 10.1. The summed E-state index contributed by atoms with van der Waals surface area (Å²) in [5.41, 5.74) is 2.24. The SMILES string of the molecule is CCC1CN(CC#N)c2cc(C)ccc2O1. The number of ether oxygens (including phenoxy) is 1. The third-order valence-electron chi connectivity index (χ3n) is 2.89. The van der Waals surface area contributed by atoms with E-state index in [-0.39, 0.29) is 6.10 Å². The number of benzene rings is 1. The highest BCUT2D eigenvalue weighted by Crippen LogP contribution is 2.34. The van der Waals surface area contributed by atoms with Gasteiger partial charge in [-0.3, -0.25) is 0 Å². The molecule has 0 aliphatic carbocycles. The molecule has 0 saturated carbocycles. The Morgan fingerprint density at radius 3 is 3.06 bits per heavy atom. The molecule has 2 rings (SSSR count). The molecule has 1 atom stereocenters. The van der Waals surface area contributed by atoms with Gasteiger partial charge >= 0.3 is 0 Å². The Balaban J connectivity index is 2.35. The Morgan fingerprint density at radius 1 is 1.56 bits per heavy atom. The Bertz CT molecular complexity index is 422. The summed E-state index contributed by atoms with van der Waals surface area (Å²) in [6.45, 7) is 5.39. The summed E-state index contributed by atoms with van der Waals surface area (Å²) in [5.74, 6) is 0.902. The quantitative estimate of drug-likeness (QED) is 0.713. The molecule has 1 aliphatic rings. The molecule has 1 unspecified atom stereocenters. The monoisotopic (exact) mass is 216 g/mol. The average molecular weight is 216 g/mol. The molecule has 1 heterocycles. The van der Waals surface area contributed by atoms with E-state index in [2.05, 4.69) is 30.9 Å². The van der Waals surface area contributed by atoms with Gasteiger partial charge in [0.15, 0.2) is 0 Å². The molecule has 0 bridgehead atoms. The molecule has 0 amide bonds. The molecule has 0 aromatic heterocycles. The van der Waals surface area contributed by atoms with E-state index in [1.165, 1.54) is 5.56 Å². The molecule has 3 nitrogen and oxygen atoms in total. The van der Waals surface area contributed by atoms with Crippen molar-refractivity contribution in [3.8, 4) is 11.8 Å². The zero-order valence-electron chi connectivity index (χ0n) is 9.73. The first-order valence-corrected chi connectivity index (χ1v) is 5.63. The van der Waals surface area contributed by atoms with E-state index in [9.17, 15) is 0 Å². The van der Waals surface area contributed by atoms with Gasteiger partial charge in [-0.1, -0.05) is 13.0 Å². The fourth-order valence-electron chi connectivity index (χ4n) is 1.98. The number of rotatable bonds is 2. The molecule has 0 spiro atoms. The highest BCUT2D eigenvalue weighted by Gasteiger charge is 2.24. The van der Waals surface area contributed by atoms with Gasteiger partial charge in [-0.25, -0.2) is 0 Å². The van der Waals surface area contributed by atoms with Crippen LogP contribution in [0.4, 0.5) is 5.69 Å². The summed E-state index contributed by atoms with van der Waals surface area (Å²) in [5, 5.41) is 8.84. The molecule has 84 valence electrons. The van der Waals surface area contributed by atoms with Crippen molar-refractivity contribution < 1.29 is 4.74 Å². The van der Waals surface area contributed by atoms with Gasteiger partial charge in [-0.15, -0.1) is 0 Å². The van der Waals surface area contributed by atoms with Crippen LogP contribution in [0.25, 0.3) is 0 Å². The van der Waals surface area contributed by atoms with Crippen molar-refractivity contribution in [3.63, 3.8) is 0 Å². The molecular weight excluding hydrogens is 200 g/mol. The summed E-state index contributed by atoms with van der Waals surface area (Å²) in [6, 6.07) is 8.33. The summed E-state index contributed by atoms with van der Waals surface area (Å²) < 4.78 is 5.86. The molecule has 3 heteroatoms. The van der Waals surface area contributed by atoms with E-state index in [4.69, 9.17) is 10.00 Å². The minimum Gasteiger partial charge on any atom is -0.486 e. The topological polar surface area (TPSA) is 36.3 Å². The van der Waals surface area contributed by atoms with Crippen molar-refractivity contribution >= 4 is 5.69 Å². The molecule has 0 radical (unpaired) electrons. The molecule has 0 fully saturated rings. The van der Waals surface area contributed by atoms with Gasteiger partial charge in [0, 0.05) is 0 Å². The minimum atomic E-state index is 0.198. The molecule has 16 heavy (non-hydrogen) atoms. The molecule has 1 aromatic carbocycles. The number of nitriles is 1. The smallest absolute Gasteiger partial charge is 0.143 e. The van der Waals surface area contributed by atoms with E-state index >= 15 is 0 Å². The van der Waals surface area contributed by atoms with Gasteiger partial charge in [0.05, 0.1) is 18.3 Å². The fraction of sp³-hybridized carbons (Fsp3) is 0.462. The molecule has 0 saturated heterocycles. The number of anilines is 1. The van der Waals surface area contributed by atoms with Crippen LogP contribution in [-0.4, -0.2) is 19.2 Å². The summed E-state index contributed by atoms with van der Waals surface area (Å²) >= 11 is 0. The normalized spacial score (nSPS) is 18.6. The van der Waals surface area contributed by atoms with Gasteiger partial charge < -0.3 is 9.64 Å². The zero-order chi connectivity index (χ0) is 11.5. The van der Waals surface area contributed by atoms with Crippen molar-refractivity contribution in [2.75, 3.05) is 18.0 Å². The number of hydrogen-bond donors (Lipinski definition) is 0. The third kappa shape index (κ3) is 1.96. The van der Waals surface area contributed by atoms with Crippen molar-refractivity contribution in [1.29, 1.82) is 5.26 Å². The van der Waals surface area contributed by atoms with Crippen LogP contribution in [0.5, 0.6) is 5.75 Å². The van der Waals surface area contributed by atoms with Crippen molar-refractivity contribution in [3.05, 3.63) is 23.8 Å². The third-order valence-corrected chi connectivity index (χ3v) is 2.89. The van der Waals surface area contributed by atoms with E-state index < -0.39 is 0 Å². The maximum absolute atomic E-state index is 8.84. The second-order valence-corrected chi connectivity index (χ2v) is 4.16. The van der Waals surface area contributed by atoms with E-state index in [1.54, 1.807) is 0 Å². The van der Waals surface area contributed by atoms with Crippen LogP contribution in [0.3, 0.4) is 0 Å². The van der Waals surface area contributed by atoms with Crippen molar-refractivity contribution in [1.82, 2.24) is 0 Å². The summed E-state index contributed by atoms with van der Waals surface area (Å²) in [6.07, 6.45) is 1.17. The maximum atomic E-state index is 8.84. The van der Waals surface area contributed by atoms with Gasteiger partial charge in [-0.05, 0) is 31.0 Å². The number of fused-ring (bicyclic) bond motifs is 1. The summed E-state index contributed by atoms with van der Waals surface area (Å²) in [7, 11) is 0. The number of nitrogens with zero attached hydrogens (tertiary/aromatic N) is 2. The minimum absolute atomic E-state index is 0.198. The largest absolute Gasteiger partial charge is 0.486 e. The van der Waals surface area contributed by atoms with Crippen LogP contribution >= 0.6 is 0 Å². The lowest BCUT2D eigenvalue weighted by Crippen LogP contribution is -2.39. The molecule has 1 aliphatic heterocycles. The van der Waals surface area contributed by atoms with Crippen LogP contribution in [-0.2, 0) is 0 Å². The van der Waals surface area contributed by atoms with Crippen LogP contribution in [0.15, 0.2) is 18.2 Å². The van der Waals surface area contributed by atoms with Crippen molar-refractivity contribution in [2.45, 2.75) is 26.4 Å². The van der Waals surface area contributed by atoms with Crippen LogP contribution in [0.2, 0.25) is 0 Å². The predicted octanol–water partition coefficient (Wildman–Crippen LogP) is 2.50. The standard InChI is InChI=1S/C13H16N2O/c1-3-11-9-15(7-6-14)12-8-10(2)4-5-13(12)16-11/h4-5,8,11H,3,7,9H2,1-2H3. The fourth-order valence-corrected chi connectivity index (χ4v) is 1.98. The van der Waals surface area contributed by atoms with Gasteiger partial charge in [0.25, 0.3) is 0 Å². The maximum Gasteiger partial charge on any atom is 0.143 e. The molecular formula is C13H16N2O. The predicted molar refractivity (Wildman–Crippen MR) is 63.7 cm³/mol. The van der Waals surface area contributed by atoms with Crippen LogP contribution in [0.1, 0.15) is 18.9 Å². The van der Waals surface area contributed by atoms with Gasteiger partial charge in [-0.2, -0.15) is 5.26 Å². The number of aryl methyl sites for hydroxylation is 1. The lowest BCUT2D eigenvalue weighted by molar-refractivity contribution is 0.190. The highest BCUT2D eigenvalue weighted by molar-refractivity contribution is 5.62. The van der Waals surface area contributed by atoms with Gasteiger partial charge in [0.2, 0.25) is 0 Å². The Hall–Kier alpha value is -1.69. The average Bonchev–Trinajstić information content (AvgIpc) is 2.30. The Morgan fingerprint density at radius 2 is 2.38 bits per heavy atom. The van der Waals surface area contributed by atoms with Crippen LogP contribution in [0, 0.1) is 18.3 Å². The van der Waals surface area contributed by atoms with E-state index in [1.807, 2.05) is 12.1 Å².